The Labute approximate surface area is 146 Å². The second-order valence-electron chi connectivity index (χ2n) is 6.77. The van der Waals surface area contributed by atoms with Crippen molar-refractivity contribution in [3.63, 3.8) is 0 Å². The number of hydrogen-bond donors (Lipinski definition) is 0. The fourth-order valence-corrected chi connectivity index (χ4v) is 5.44. The summed E-state index contributed by atoms with van der Waals surface area (Å²) in [5.74, 6) is 0. The SMILES string of the molecule is C[C@H]1C[C@@]2(CCN1Cc1cncn1C)OCCc1cc(Cl)sc12. The fraction of sp³-hybridized carbons (Fsp3) is 0.588. The van der Waals surface area contributed by atoms with E-state index in [0.29, 0.717) is 6.04 Å². The number of nitrogens with zero attached hydrogens (tertiary/aromatic N) is 3. The van der Waals surface area contributed by atoms with Gasteiger partial charge >= 0.3 is 0 Å². The smallest absolute Gasteiger partial charge is 0.105 e. The highest BCUT2D eigenvalue weighted by atomic mass is 35.5. The number of piperidine rings is 1. The van der Waals surface area contributed by atoms with Crippen LogP contribution in [-0.4, -0.2) is 33.6 Å². The fourth-order valence-electron chi connectivity index (χ4n) is 3.96. The summed E-state index contributed by atoms with van der Waals surface area (Å²) in [6, 6.07) is 2.61. The summed E-state index contributed by atoms with van der Waals surface area (Å²) in [7, 11) is 2.06. The number of thiophene rings is 1. The third kappa shape index (κ3) is 2.74. The number of imidazole rings is 1. The van der Waals surface area contributed by atoms with Crippen molar-refractivity contribution >= 4 is 22.9 Å². The molecule has 2 aliphatic rings. The van der Waals surface area contributed by atoms with E-state index < -0.39 is 0 Å². The molecule has 2 atom stereocenters. The Morgan fingerprint density at radius 2 is 2.39 bits per heavy atom. The second-order valence-corrected chi connectivity index (χ2v) is 8.45. The third-order valence-electron chi connectivity index (χ3n) is 5.28. The monoisotopic (exact) mass is 351 g/mol. The molecule has 0 radical (unpaired) electrons. The van der Waals surface area contributed by atoms with Gasteiger partial charge in [-0.25, -0.2) is 4.98 Å². The lowest BCUT2D eigenvalue weighted by Crippen LogP contribution is -2.50. The Morgan fingerprint density at radius 1 is 1.52 bits per heavy atom. The largest absolute Gasteiger partial charge is 0.369 e. The van der Waals surface area contributed by atoms with E-state index in [1.165, 1.54) is 16.1 Å². The molecular formula is C17H22ClN3OS. The van der Waals surface area contributed by atoms with Crippen LogP contribution >= 0.6 is 22.9 Å². The molecule has 0 bridgehead atoms. The number of ether oxygens (including phenoxy) is 1. The van der Waals surface area contributed by atoms with E-state index in [1.54, 1.807) is 11.3 Å². The molecule has 2 aromatic rings. The van der Waals surface area contributed by atoms with Crippen molar-refractivity contribution in [1.29, 1.82) is 0 Å². The number of aromatic nitrogens is 2. The number of rotatable bonds is 2. The van der Waals surface area contributed by atoms with E-state index in [1.807, 2.05) is 12.5 Å². The quantitative estimate of drug-likeness (QED) is 0.828. The predicted octanol–water partition coefficient (Wildman–Crippen LogP) is 3.59. The molecule has 0 saturated carbocycles. The van der Waals surface area contributed by atoms with Crippen molar-refractivity contribution in [2.45, 2.75) is 44.4 Å². The minimum absolute atomic E-state index is 0.117. The highest BCUT2D eigenvalue weighted by molar-refractivity contribution is 7.16. The molecular weight excluding hydrogens is 330 g/mol. The van der Waals surface area contributed by atoms with Crippen molar-refractivity contribution in [1.82, 2.24) is 14.5 Å². The maximum absolute atomic E-state index is 6.33. The Bertz CT molecular complexity index is 713. The average Bonchev–Trinajstić information content (AvgIpc) is 3.09. The van der Waals surface area contributed by atoms with Gasteiger partial charge in [-0.15, -0.1) is 11.3 Å². The number of likely N-dealkylation sites (tertiary alicyclic amines) is 1. The summed E-state index contributed by atoms with van der Waals surface area (Å²) in [5, 5.41) is 0. The topological polar surface area (TPSA) is 30.3 Å². The van der Waals surface area contributed by atoms with E-state index in [0.717, 1.165) is 43.3 Å². The molecule has 124 valence electrons. The van der Waals surface area contributed by atoms with Crippen LogP contribution < -0.4 is 0 Å². The van der Waals surface area contributed by atoms with Crippen LogP contribution in [-0.2, 0) is 30.4 Å². The second kappa shape index (κ2) is 5.88. The van der Waals surface area contributed by atoms with Crippen LogP contribution in [0, 0.1) is 0 Å². The number of aryl methyl sites for hydroxylation is 1. The van der Waals surface area contributed by atoms with Gasteiger partial charge in [-0.3, -0.25) is 4.90 Å². The van der Waals surface area contributed by atoms with Crippen LogP contribution in [0.3, 0.4) is 0 Å². The molecule has 0 unspecified atom stereocenters. The Hall–Kier alpha value is -0.880. The lowest BCUT2D eigenvalue weighted by atomic mass is 9.82. The van der Waals surface area contributed by atoms with Gasteiger partial charge in [-0.2, -0.15) is 0 Å². The van der Waals surface area contributed by atoms with Gasteiger partial charge < -0.3 is 9.30 Å². The Balaban J connectivity index is 1.54. The molecule has 4 heterocycles. The van der Waals surface area contributed by atoms with E-state index in [2.05, 4.69) is 34.5 Å². The third-order valence-corrected chi connectivity index (χ3v) is 6.77. The van der Waals surface area contributed by atoms with E-state index in [9.17, 15) is 0 Å². The highest BCUT2D eigenvalue weighted by Crippen LogP contribution is 2.48. The molecule has 4 rings (SSSR count). The van der Waals surface area contributed by atoms with Crippen LogP contribution in [0.1, 0.15) is 35.9 Å². The lowest BCUT2D eigenvalue weighted by molar-refractivity contribution is -0.110. The van der Waals surface area contributed by atoms with Crippen LogP contribution in [0.15, 0.2) is 18.6 Å². The first kappa shape index (κ1) is 15.6. The maximum atomic E-state index is 6.33. The molecule has 1 spiro atoms. The van der Waals surface area contributed by atoms with Gasteiger partial charge in [-0.05, 0) is 37.8 Å². The molecule has 0 amide bonds. The minimum atomic E-state index is -0.117. The lowest BCUT2D eigenvalue weighted by Gasteiger charge is -2.47. The zero-order chi connectivity index (χ0) is 16.0. The van der Waals surface area contributed by atoms with E-state index >= 15 is 0 Å². The van der Waals surface area contributed by atoms with Gasteiger partial charge in [0.25, 0.3) is 0 Å². The normalized spacial score (nSPS) is 28.2. The van der Waals surface area contributed by atoms with Crippen LogP contribution in [0.2, 0.25) is 4.34 Å². The van der Waals surface area contributed by atoms with Gasteiger partial charge in [0.2, 0.25) is 0 Å². The Kier molecular flexibility index (Phi) is 4.00. The molecule has 6 heteroatoms. The summed E-state index contributed by atoms with van der Waals surface area (Å²) in [6.45, 7) is 5.12. The van der Waals surface area contributed by atoms with Crippen molar-refractivity contribution in [2.24, 2.45) is 7.05 Å². The summed E-state index contributed by atoms with van der Waals surface area (Å²) in [5.41, 5.74) is 2.55. The summed E-state index contributed by atoms with van der Waals surface area (Å²) >= 11 is 7.99. The van der Waals surface area contributed by atoms with Crippen LogP contribution in [0.25, 0.3) is 0 Å². The summed E-state index contributed by atoms with van der Waals surface area (Å²) < 4.78 is 9.33. The summed E-state index contributed by atoms with van der Waals surface area (Å²) in [6.07, 6.45) is 6.90. The predicted molar refractivity (Wildman–Crippen MR) is 93.0 cm³/mol. The molecule has 0 aliphatic carbocycles. The molecule has 1 saturated heterocycles. The molecule has 23 heavy (non-hydrogen) atoms. The van der Waals surface area contributed by atoms with Gasteiger partial charge in [0.15, 0.2) is 0 Å². The van der Waals surface area contributed by atoms with Crippen molar-refractivity contribution in [3.8, 4) is 0 Å². The summed E-state index contributed by atoms with van der Waals surface area (Å²) in [4.78, 5) is 8.14. The molecule has 0 N–H and O–H groups in total. The molecule has 2 aliphatic heterocycles. The van der Waals surface area contributed by atoms with Crippen LogP contribution in [0.5, 0.6) is 0 Å². The van der Waals surface area contributed by atoms with Gasteiger partial charge in [0, 0.05) is 37.3 Å². The van der Waals surface area contributed by atoms with E-state index in [4.69, 9.17) is 16.3 Å². The minimum Gasteiger partial charge on any atom is -0.369 e. The first-order chi connectivity index (χ1) is 11.1. The zero-order valence-electron chi connectivity index (χ0n) is 13.6. The maximum Gasteiger partial charge on any atom is 0.105 e. The van der Waals surface area contributed by atoms with Crippen molar-refractivity contribution in [2.75, 3.05) is 13.2 Å². The number of halogens is 1. The van der Waals surface area contributed by atoms with E-state index in [-0.39, 0.29) is 5.60 Å². The zero-order valence-corrected chi connectivity index (χ0v) is 15.2. The molecule has 4 nitrogen and oxygen atoms in total. The molecule has 0 aromatic carbocycles. The standard InChI is InChI=1S/C17H22ClN3OS/c1-12-8-17(16-13(3-6-22-17)7-15(18)23-16)4-5-21(12)10-14-9-19-11-20(14)2/h7,9,11-12H,3-6,8,10H2,1-2H3/t12-,17+/m0/s1. The van der Waals surface area contributed by atoms with Crippen molar-refractivity contribution in [3.05, 3.63) is 39.1 Å². The number of hydrogen-bond acceptors (Lipinski definition) is 4. The van der Waals surface area contributed by atoms with Gasteiger partial charge in [0.1, 0.15) is 5.60 Å². The Morgan fingerprint density at radius 3 is 3.13 bits per heavy atom. The molecule has 1 fully saturated rings. The van der Waals surface area contributed by atoms with Gasteiger partial charge in [-0.1, -0.05) is 11.6 Å². The molecule has 2 aromatic heterocycles. The number of fused-ring (bicyclic) bond motifs is 2. The van der Waals surface area contributed by atoms with Crippen LogP contribution in [0.4, 0.5) is 0 Å². The highest BCUT2D eigenvalue weighted by Gasteiger charge is 2.44. The average molecular weight is 352 g/mol. The first-order valence-electron chi connectivity index (χ1n) is 8.19. The first-order valence-corrected chi connectivity index (χ1v) is 9.39. The van der Waals surface area contributed by atoms with Crippen molar-refractivity contribution < 1.29 is 4.74 Å². The van der Waals surface area contributed by atoms with Gasteiger partial charge in [0.05, 0.1) is 23.0 Å².